The van der Waals surface area contributed by atoms with Crippen LogP contribution in [0.1, 0.15) is 10.5 Å². The zero-order valence-electron chi connectivity index (χ0n) is 8.59. The van der Waals surface area contributed by atoms with E-state index in [0.717, 1.165) is 0 Å². The summed E-state index contributed by atoms with van der Waals surface area (Å²) in [6.07, 6.45) is 2.91. The molecule has 0 unspecified atom stereocenters. The molecule has 0 saturated carbocycles. The van der Waals surface area contributed by atoms with Crippen LogP contribution in [0.3, 0.4) is 0 Å². The third-order valence-corrected chi connectivity index (χ3v) is 2.30. The predicted octanol–water partition coefficient (Wildman–Crippen LogP) is 2.09. The van der Waals surface area contributed by atoms with Crippen molar-refractivity contribution < 1.29 is 9.90 Å². The largest absolute Gasteiger partial charge is 0.505 e. The molecule has 2 rings (SSSR count). The molecule has 0 aliphatic carbocycles. The van der Waals surface area contributed by atoms with Crippen LogP contribution in [0.2, 0.25) is 5.02 Å². The number of hydrogen-bond donors (Lipinski definition) is 2. The number of halogens is 1. The van der Waals surface area contributed by atoms with Crippen molar-refractivity contribution in [2.45, 2.75) is 0 Å². The Bertz CT molecular complexity index is 560. The highest BCUT2D eigenvalue weighted by Gasteiger charge is 2.13. The molecule has 17 heavy (non-hydrogen) atoms. The lowest BCUT2D eigenvalue weighted by Gasteiger charge is -2.05. The first-order chi connectivity index (χ1) is 8.18. The van der Waals surface area contributed by atoms with Crippen LogP contribution in [0.5, 0.6) is 5.75 Å². The molecule has 0 aliphatic heterocycles. The van der Waals surface area contributed by atoms with Crippen molar-refractivity contribution in [3.8, 4) is 5.75 Å². The molecular weight excluding hydrogens is 242 g/mol. The lowest BCUT2D eigenvalue weighted by atomic mass is 10.3. The lowest BCUT2D eigenvalue weighted by molar-refractivity contribution is 0.101. The molecule has 2 aromatic rings. The standard InChI is InChI=1S/C11H8ClN3O2/c12-7-3-1-6-14-10(7)15-11(17)9-8(16)4-2-5-13-9/h1-6,16H,(H,14,15,17). The van der Waals surface area contributed by atoms with Gasteiger partial charge in [-0.05, 0) is 24.3 Å². The zero-order chi connectivity index (χ0) is 12.3. The SMILES string of the molecule is O=C(Nc1ncccc1Cl)c1ncccc1O. The molecule has 6 heteroatoms. The first kappa shape index (κ1) is 11.3. The normalized spacial score (nSPS) is 9.94. The van der Waals surface area contributed by atoms with Crippen molar-refractivity contribution in [1.29, 1.82) is 0 Å². The van der Waals surface area contributed by atoms with E-state index < -0.39 is 5.91 Å². The molecular formula is C11H8ClN3O2. The second kappa shape index (κ2) is 4.80. The highest BCUT2D eigenvalue weighted by atomic mass is 35.5. The van der Waals surface area contributed by atoms with Gasteiger partial charge in [0.05, 0.1) is 5.02 Å². The van der Waals surface area contributed by atoms with Gasteiger partial charge < -0.3 is 10.4 Å². The number of nitrogens with one attached hydrogen (secondary N) is 1. The second-order valence-corrected chi connectivity index (χ2v) is 3.57. The smallest absolute Gasteiger partial charge is 0.279 e. The molecule has 2 aromatic heterocycles. The van der Waals surface area contributed by atoms with Crippen molar-refractivity contribution in [2.24, 2.45) is 0 Å². The summed E-state index contributed by atoms with van der Waals surface area (Å²) in [4.78, 5) is 19.4. The maximum atomic E-state index is 11.8. The van der Waals surface area contributed by atoms with E-state index >= 15 is 0 Å². The molecule has 0 bridgehead atoms. The van der Waals surface area contributed by atoms with E-state index in [0.29, 0.717) is 5.02 Å². The molecule has 0 saturated heterocycles. The van der Waals surface area contributed by atoms with Crippen LogP contribution < -0.4 is 5.32 Å². The molecule has 0 fully saturated rings. The molecule has 0 spiro atoms. The fourth-order valence-electron chi connectivity index (χ4n) is 1.22. The van der Waals surface area contributed by atoms with Crippen LogP contribution in [0.25, 0.3) is 0 Å². The van der Waals surface area contributed by atoms with Gasteiger partial charge in [-0.3, -0.25) is 4.79 Å². The summed E-state index contributed by atoms with van der Waals surface area (Å²) in [6, 6.07) is 6.15. The highest BCUT2D eigenvalue weighted by Crippen LogP contribution is 2.19. The first-order valence-electron chi connectivity index (χ1n) is 4.74. The fourth-order valence-corrected chi connectivity index (χ4v) is 1.38. The van der Waals surface area contributed by atoms with Gasteiger partial charge in [-0.15, -0.1) is 0 Å². The van der Waals surface area contributed by atoms with Gasteiger partial charge in [0.25, 0.3) is 5.91 Å². The van der Waals surface area contributed by atoms with E-state index in [1.807, 2.05) is 0 Å². The average molecular weight is 250 g/mol. The van der Waals surface area contributed by atoms with Crippen LogP contribution in [-0.2, 0) is 0 Å². The molecule has 2 heterocycles. The van der Waals surface area contributed by atoms with Gasteiger partial charge in [-0.25, -0.2) is 9.97 Å². The van der Waals surface area contributed by atoms with Gasteiger partial charge in [-0.2, -0.15) is 0 Å². The van der Waals surface area contributed by atoms with E-state index in [-0.39, 0.29) is 17.3 Å². The van der Waals surface area contributed by atoms with Crippen molar-refractivity contribution in [1.82, 2.24) is 9.97 Å². The van der Waals surface area contributed by atoms with Gasteiger partial charge in [0.2, 0.25) is 0 Å². The minimum absolute atomic E-state index is 0.0748. The lowest BCUT2D eigenvalue weighted by Crippen LogP contribution is -2.14. The van der Waals surface area contributed by atoms with Crippen LogP contribution in [0, 0.1) is 0 Å². The first-order valence-corrected chi connectivity index (χ1v) is 5.12. The van der Waals surface area contributed by atoms with Crippen LogP contribution in [0.15, 0.2) is 36.7 Å². The Kier molecular flexibility index (Phi) is 3.20. The number of aromatic nitrogens is 2. The number of carbonyl (C=O) groups is 1. The van der Waals surface area contributed by atoms with Gasteiger partial charge in [0.1, 0.15) is 5.75 Å². The number of nitrogens with zero attached hydrogens (tertiary/aromatic N) is 2. The summed E-state index contributed by atoms with van der Waals surface area (Å²) in [5, 5.41) is 12.2. The topological polar surface area (TPSA) is 75.1 Å². The molecule has 2 N–H and O–H groups in total. The number of pyridine rings is 2. The van der Waals surface area contributed by atoms with Crippen LogP contribution in [0.4, 0.5) is 5.82 Å². The van der Waals surface area contributed by atoms with E-state index in [2.05, 4.69) is 15.3 Å². The Morgan fingerprint density at radius 3 is 2.65 bits per heavy atom. The minimum atomic E-state index is -0.566. The van der Waals surface area contributed by atoms with E-state index in [4.69, 9.17) is 11.6 Å². The Balaban J connectivity index is 2.24. The minimum Gasteiger partial charge on any atom is -0.505 e. The second-order valence-electron chi connectivity index (χ2n) is 3.16. The third kappa shape index (κ3) is 2.51. The summed E-state index contributed by atoms with van der Waals surface area (Å²) >= 11 is 5.84. The van der Waals surface area contributed by atoms with Gasteiger partial charge in [-0.1, -0.05) is 11.6 Å². The Morgan fingerprint density at radius 1 is 1.24 bits per heavy atom. The van der Waals surface area contributed by atoms with E-state index in [1.165, 1.54) is 24.5 Å². The molecule has 5 nitrogen and oxygen atoms in total. The summed E-state index contributed by atoms with van der Waals surface area (Å²) in [5.41, 5.74) is -0.0748. The molecule has 0 aliphatic rings. The monoisotopic (exact) mass is 249 g/mol. The van der Waals surface area contributed by atoms with Crippen molar-refractivity contribution >= 4 is 23.3 Å². The maximum Gasteiger partial charge on any atom is 0.279 e. The molecule has 1 amide bonds. The number of rotatable bonds is 2. The number of aromatic hydroxyl groups is 1. The van der Waals surface area contributed by atoms with Crippen LogP contribution in [-0.4, -0.2) is 21.0 Å². The summed E-state index contributed by atoms with van der Waals surface area (Å²) in [5.74, 6) is -0.537. The van der Waals surface area contributed by atoms with Gasteiger partial charge >= 0.3 is 0 Å². The summed E-state index contributed by atoms with van der Waals surface area (Å²) in [7, 11) is 0. The Hall–Kier alpha value is -2.14. The molecule has 0 radical (unpaired) electrons. The van der Waals surface area contributed by atoms with Gasteiger partial charge in [0, 0.05) is 12.4 Å². The predicted molar refractivity (Wildman–Crippen MR) is 63.1 cm³/mol. The Labute approximate surface area is 102 Å². The maximum absolute atomic E-state index is 11.8. The van der Waals surface area contributed by atoms with Crippen molar-refractivity contribution in [2.75, 3.05) is 5.32 Å². The molecule has 86 valence electrons. The highest BCUT2D eigenvalue weighted by molar-refractivity contribution is 6.33. The number of anilines is 1. The van der Waals surface area contributed by atoms with E-state index in [1.54, 1.807) is 12.1 Å². The Morgan fingerprint density at radius 2 is 1.94 bits per heavy atom. The summed E-state index contributed by atoms with van der Waals surface area (Å²) in [6.45, 7) is 0. The third-order valence-electron chi connectivity index (χ3n) is 1.99. The van der Waals surface area contributed by atoms with Gasteiger partial charge in [0.15, 0.2) is 11.5 Å². The van der Waals surface area contributed by atoms with E-state index in [9.17, 15) is 9.90 Å². The summed E-state index contributed by atoms with van der Waals surface area (Å²) < 4.78 is 0. The van der Waals surface area contributed by atoms with Crippen LogP contribution >= 0.6 is 11.6 Å². The fraction of sp³-hybridized carbons (Fsp3) is 0. The zero-order valence-corrected chi connectivity index (χ0v) is 9.35. The quantitative estimate of drug-likeness (QED) is 0.855. The molecule has 0 atom stereocenters. The molecule has 0 aromatic carbocycles. The number of carbonyl (C=O) groups excluding carboxylic acids is 1. The van der Waals surface area contributed by atoms with Crippen molar-refractivity contribution in [3.05, 3.63) is 47.4 Å². The average Bonchev–Trinajstić information content (AvgIpc) is 2.32. The number of hydrogen-bond acceptors (Lipinski definition) is 4. The van der Waals surface area contributed by atoms with Crippen molar-refractivity contribution in [3.63, 3.8) is 0 Å². The number of amides is 1.